The fourth-order valence-electron chi connectivity index (χ4n) is 1.72. The molecule has 0 saturated carbocycles. The van der Waals surface area contributed by atoms with E-state index in [9.17, 15) is 9.90 Å². The number of nitrogens with zero attached hydrogens (tertiary/aromatic N) is 2. The average Bonchev–Trinajstić information content (AvgIpc) is 2.80. The standard InChI is InChI=1S/C14H17N3O2/c1-10(2)17-9-12(8-15-17)16-14(19)7-11-5-3-4-6-13(11)18/h3-6,8-10,18H,7H2,1-2H3,(H,16,19). The highest BCUT2D eigenvalue weighted by molar-refractivity contribution is 5.92. The van der Waals surface area contributed by atoms with Gasteiger partial charge in [0.25, 0.3) is 0 Å². The van der Waals surface area contributed by atoms with E-state index in [1.807, 2.05) is 13.8 Å². The summed E-state index contributed by atoms with van der Waals surface area (Å²) in [6.45, 7) is 4.03. The molecule has 2 aromatic rings. The first-order valence-corrected chi connectivity index (χ1v) is 6.17. The maximum Gasteiger partial charge on any atom is 0.229 e. The van der Waals surface area contributed by atoms with Crippen molar-refractivity contribution in [3.63, 3.8) is 0 Å². The summed E-state index contributed by atoms with van der Waals surface area (Å²) in [5.41, 5.74) is 1.27. The zero-order valence-electron chi connectivity index (χ0n) is 11.0. The number of aromatic nitrogens is 2. The molecule has 2 rings (SSSR count). The average molecular weight is 259 g/mol. The summed E-state index contributed by atoms with van der Waals surface area (Å²) in [4.78, 5) is 11.9. The molecule has 5 heteroatoms. The minimum atomic E-state index is -0.176. The third-order valence-corrected chi connectivity index (χ3v) is 2.76. The zero-order valence-corrected chi connectivity index (χ0v) is 11.0. The van der Waals surface area contributed by atoms with Crippen LogP contribution in [0.25, 0.3) is 0 Å². The Morgan fingerprint density at radius 2 is 2.16 bits per heavy atom. The van der Waals surface area contributed by atoms with Crippen LogP contribution in [0.2, 0.25) is 0 Å². The van der Waals surface area contributed by atoms with E-state index < -0.39 is 0 Å². The second-order valence-corrected chi connectivity index (χ2v) is 4.66. The van der Waals surface area contributed by atoms with Gasteiger partial charge in [-0.05, 0) is 19.9 Å². The van der Waals surface area contributed by atoms with Crippen LogP contribution >= 0.6 is 0 Å². The molecule has 0 spiro atoms. The predicted molar refractivity (Wildman–Crippen MR) is 73.1 cm³/mol. The summed E-state index contributed by atoms with van der Waals surface area (Å²) in [6, 6.07) is 7.07. The lowest BCUT2D eigenvalue weighted by Crippen LogP contribution is -2.14. The Morgan fingerprint density at radius 1 is 1.42 bits per heavy atom. The molecule has 0 atom stereocenters. The van der Waals surface area contributed by atoms with Gasteiger partial charge in [0.2, 0.25) is 5.91 Å². The molecule has 1 heterocycles. The molecule has 5 nitrogen and oxygen atoms in total. The molecule has 0 saturated heterocycles. The molecule has 2 N–H and O–H groups in total. The number of carbonyl (C=O) groups excluding carboxylic acids is 1. The number of aromatic hydroxyl groups is 1. The van der Waals surface area contributed by atoms with Crippen LogP contribution in [0.4, 0.5) is 5.69 Å². The van der Waals surface area contributed by atoms with Crippen LogP contribution in [0, 0.1) is 0 Å². The van der Waals surface area contributed by atoms with Gasteiger partial charge in [-0.15, -0.1) is 0 Å². The molecule has 0 aliphatic rings. The fourth-order valence-corrected chi connectivity index (χ4v) is 1.72. The van der Waals surface area contributed by atoms with Crippen LogP contribution in [-0.4, -0.2) is 20.8 Å². The first kappa shape index (κ1) is 13.1. The van der Waals surface area contributed by atoms with Crippen LogP contribution in [-0.2, 0) is 11.2 Å². The van der Waals surface area contributed by atoms with Crippen molar-refractivity contribution in [1.29, 1.82) is 0 Å². The van der Waals surface area contributed by atoms with Crippen LogP contribution < -0.4 is 5.32 Å². The van der Waals surface area contributed by atoms with E-state index in [1.165, 1.54) is 0 Å². The van der Waals surface area contributed by atoms with Gasteiger partial charge in [0.05, 0.1) is 18.3 Å². The highest BCUT2D eigenvalue weighted by Gasteiger charge is 2.09. The molecule has 19 heavy (non-hydrogen) atoms. The van der Waals surface area contributed by atoms with E-state index in [1.54, 1.807) is 41.3 Å². The Balaban J connectivity index is 1.99. The first-order chi connectivity index (χ1) is 9.06. The lowest BCUT2D eigenvalue weighted by Gasteiger charge is -2.05. The van der Waals surface area contributed by atoms with Gasteiger partial charge in [-0.2, -0.15) is 5.10 Å². The van der Waals surface area contributed by atoms with Crippen molar-refractivity contribution < 1.29 is 9.90 Å². The predicted octanol–water partition coefficient (Wildman–Crippen LogP) is 2.35. The summed E-state index contributed by atoms with van der Waals surface area (Å²) >= 11 is 0. The molecule has 100 valence electrons. The summed E-state index contributed by atoms with van der Waals surface area (Å²) in [5.74, 6) is -0.0414. The lowest BCUT2D eigenvalue weighted by molar-refractivity contribution is -0.115. The smallest absolute Gasteiger partial charge is 0.229 e. The van der Waals surface area contributed by atoms with E-state index in [4.69, 9.17) is 0 Å². The number of rotatable bonds is 4. The number of hydrogen-bond donors (Lipinski definition) is 2. The largest absolute Gasteiger partial charge is 0.508 e. The monoisotopic (exact) mass is 259 g/mol. The van der Waals surface area contributed by atoms with Crippen molar-refractivity contribution in [1.82, 2.24) is 9.78 Å². The number of phenols is 1. The highest BCUT2D eigenvalue weighted by Crippen LogP contribution is 2.17. The SMILES string of the molecule is CC(C)n1cc(NC(=O)Cc2ccccc2O)cn1. The Bertz CT molecular complexity index is 576. The normalized spacial score (nSPS) is 10.7. The molecule has 0 unspecified atom stereocenters. The molecule has 0 aliphatic carbocycles. The summed E-state index contributed by atoms with van der Waals surface area (Å²) in [7, 11) is 0. The number of hydrogen-bond acceptors (Lipinski definition) is 3. The van der Waals surface area contributed by atoms with E-state index in [2.05, 4.69) is 10.4 Å². The summed E-state index contributed by atoms with van der Waals surface area (Å²) in [5, 5.41) is 16.5. The number of carbonyl (C=O) groups is 1. The molecule has 0 fully saturated rings. The molecule has 1 amide bonds. The molecular weight excluding hydrogens is 242 g/mol. The summed E-state index contributed by atoms with van der Waals surface area (Å²) < 4.78 is 1.77. The molecule has 0 bridgehead atoms. The minimum Gasteiger partial charge on any atom is -0.508 e. The maximum atomic E-state index is 11.9. The van der Waals surface area contributed by atoms with Crippen molar-refractivity contribution in [2.45, 2.75) is 26.3 Å². The molecule has 1 aromatic heterocycles. The number of phenolic OH excluding ortho intramolecular Hbond substituents is 1. The fraction of sp³-hybridized carbons (Fsp3) is 0.286. The van der Waals surface area contributed by atoms with Gasteiger partial charge in [-0.3, -0.25) is 9.48 Å². The Labute approximate surface area is 111 Å². The third kappa shape index (κ3) is 3.34. The zero-order chi connectivity index (χ0) is 13.8. The third-order valence-electron chi connectivity index (χ3n) is 2.76. The number of anilines is 1. The van der Waals surface area contributed by atoms with Crippen LogP contribution in [0.15, 0.2) is 36.7 Å². The van der Waals surface area contributed by atoms with Gasteiger partial charge in [0.1, 0.15) is 5.75 Å². The number of nitrogens with one attached hydrogen (secondary N) is 1. The first-order valence-electron chi connectivity index (χ1n) is 6.17. The van der Waals surface area contributed by atoms with Crippen molar-refractivity contribution in [3.05, 3.63) is 42.2 Å². The minimum absolute atomic E-state index is 0.135. The van der Waals surface area contributed by atoms with Gasteiger partial charge in [0, 0.05) is 17.8 Å². The molecule has 1 aromatic carbocycles. The molecule has 0 aliphatic heterocycles. The molecular formula is C14H17N3O2. The second-order valence-electron chi connectivity index (χ2n) is 4.66. The van der Waals surface area contributed by atoms with E-state index >= 15 is 0 Å². The number of para-hydroxylation sites is 1. The molecule has 0 radical (unpaired) electrons. The van der Waals surface area contributed by atoms with Gasteiger partial charge in [0.15, 0.2) is 0 Å². The van der Waals surface area contributed by atoms with Crippen molar-refractivity contribution >= 4 is 11.6 Å². The Hall–Kier alpha value is -2.30. The quantitative estimate of drug-likeness (QED) is 0.885. The van der Waals surface area contributed by atoms with Gasteiger partial charge >= 0.3 is 0 Å². The van der Waals surface area contributed by atoms with Crippen LogP contribution in [0.3, 0.4) is 0 Å². The van der Waals surface area contributed by atoms with Gasteiger partial charge in [-0.1, -0.05) is 18.2 Å². The Kier molecular flexibility index (Phi) is 3.85. The van der Waals surface area contributed by atoms with E-state index in [0.717, 1.165) is 0 Å². The van der Waals surface area contributed by atoms with E-state index in [0.29, 0.717) is 11.3 Å². The number of amides is 1. The van der Waals surface area contributed by atoms with Crippen molar-refractivity contribution in [3.8, 4) is 5.75 Å². The van der Waals surface area contributed by atoms with Gasteiger partial charge in [-0.25, -0.2) is 0 Å². The van der Waals surface area contributed by atoms with Crippen LogP contribution in [0.5, 0.6) is 5.75 Å². The van der Waals surface area contributed by atoms with Crippen molar-refractivity contribution in [2.24, 2.45) is 0 Å². The summed E-state index contributed by atoms with van der Waals surface area (Å²) in [6.07, 6.45) is 3.54. The lowest BCUT2D eigenvalue weighted by atomic mass is 10.1. The van der Waals surface area contributed by atoms with Crippen LogP contribution in [0.1, 0.15) is 25.5 Å². The second kappa shape index (κ2) is 5.56. The number of benzene rings is 1. The van der Waals surface area contributed by atoms with Crippen molar-refractivity contribution in [2.75, 3.05) is 5.32 Å². The highest BCUT2D eigenvalue weighted by atomic mass is 16.3. The topological polar surface area (TPSA) is 67.2 Å². The maximum absolute atomic E-state index is 11.9. The van der Waals surface area contributed by atoms with Gasteiger partial charge < -0.3 is 10.4 Å². The Morgan fingerprint density at radius 3 is 2.79 bits per heavy atom. The van der Waals surface area contributed by atoms with E-state index in [-0.39, 0.29) is 24.1 Å².